The number of rotatable bonds is 7. The van der Waals surface area contributed by atoms with Gasteiger partial charge < -0.3 is 14.7 Å². The molecule has 8 nitrogen and oxygen atoms in total. The van der Waals surface area contributed by atoms with Crippen molar-refractivity contribution in [1.29, 1.82) is 0 Å². The molecular formula is C22H22Cl6N4O4S. The zero-order valence-corrected chi connectivity index (χ0v) is 25.3. The number of hydrogen-bond acceptors (Lipinski definition) is 6. The maximum Gasteiger partial charge on any atom is 0.375 e. The summed E-state index contributed by atoms with van der Waals surface area (Å²) in [4.78, 5) is 29.5. The number of ether oxygens (including phenoxy) is 1. The van der Waals surface area contributed by atoms with Crippen LogP contribution in [0.25, 0.3) is 5.69 Å². The summed E-state index contributed by atoms with van der Waals surface area (Å²) in [6, 6.07) is 4.47. The predicted octanol–water partition coefficient (Wildman–Crippen LogP) is 7.07. The minimum absolute atomic E-state index is 0.0111. The third-order valence-corrected chi connectivity index (χ3v) is 7.07. The molecule has 15 heteroatoms. The molecule has 202 valence electrons. The van der Waals surface area contributed by atoms with E-state index < -0.39 is 15.6 Å². The van der Waals surface area contributed by atoms with E-state index in [1.54, 1.807) is 23.3 Å². The molecule has 0 bridgehead atoms. The number of alkyl halides is 4. The summed E-state index contributed by atoms with van der Waals surface area (Å²) in [6.07, 6.45) is 0. The van der Waals surface area contributed by atoms with Crippen molar-refractivity contribution in [3.63, 3.8) is 0 Å². The number of carboxylic acid groups (broad SMARTS) is 1. The lowest BCUT2D eigenvalue weighted by atomic mass is 10.2. The molecule has 0 aliphatic carbocycles. The van der Waals surface area contributed by atoms with Crippen molar-refractivity contribution in [2.45, 2.75) is 30.6 Å². The lowest BCUT2D eigenvalue weighted by Crippen LogP contribution is -2.42. The Morgan fingerprint density at radius 3 is 2.35 bits per heavy atom. The van der Waals surface area contributed by atoms with E-state index in [0.29, 0.717) is 11.6 Å². The summed E-state index contributed by atoms with van der Waals surface area (Å²) in [6.45, 7) is 6.48. The number of methoxy groups -OCH3 is 1. The van der Waals surface area contributed by atoms with Gasteiger partial charge in [0.2, 0.25) is 9.70 Å². The van der Waals surface area contributed by atoms with E-state index in [-0.39, 0.29) is 34.4 Å². The Bertz CT molecular complexity index is 1240. The molecule has 0 fully saturated rings. The Morgan fingerprint density at radius 1 is 1.24 bits per heavy atom. The van der Waals surface area contributed by atoms with E-state index >= 15 is 0 Å². The van der Waals surface area contributed by atoms with Crippen LogP contribution < -0.4 is 4.90 Å². The van der Waals surface area contributed by atoms with Crippen molar-refractivity contribution in [2.24, 2.45) is 0 Å². The summed E-state index contributed by atoms with van der Waals surface area (Å²) >= 11 is 36.4. The first-order valence-electron chi connectivity index (χ1n) is 10.4. The molecule has 3 rings (SSSR count). The van der Waals surface area contributed by atoms with Crippen LogP contribution in [0.5, 0.6) is 0 Å². The first-order valence-corrected chi connectivity index (χ1v) is 13.7. The number of benzene rings is 1. The maximum absolute atomic E-state index is 12.0. The molecule has 0 saturated heterocycles. The van der Waals surface area contributed by atoms with Crippen LogP contribution in [-0.4, -0.2) is 57.4 Å². The van der Waals surface area contributed by atoms with Gasteiger partial charge in [0.05, 0.1) is 29.0 Å². The zero-order valence-electron chi connectivity index (χ0n) is 19.9. The number of anilines is 1. The summed E-state index contributed by atoms with van der Waals surface area (Å²) in [5.41, 5.74) is 2.37. The van der Waals surface area contributed by atoms with Crippen LogP contribution in [0.15, 0.2) is 23.6 Å². The number of amides is 1. The van der Waals surface area contributed by atoms with E-state index in [4.69, 9.17) is 79.4 Å². The predicted molar refractivity (Wildman–Crippen MR) is 151 cm³/mol. The molecule has 1 atom stereocenters. The van der Waals surface area contributed by atoms with Gasteiger partial charge in [-0.1, -0.05) is 58.0 Å². The number of aromatic carboxylic acids is 1. The highest BCUT2D eigenvalue weighted by molar-refractivity contribution is 7.10. The van der Waals surface area contributed by atoms with Gasteiger partial charge in [0.25, 0.3) is 5.82 Å². The second kappa shape index (κ2) is 13.7. The third-order valence-electron chi connectivity index (χ3n) is 4.78. The molecule has 2 aromatic heterocycles. The van der Waals surface area contributed by atoms with Crippen molar-refractivity contribution in [3.05, 3.63) is 55.7 Å². The molecular weight excluding hydrogens is 629 g/mol. The Labute approximate surface area is 247 Å². The quantitative estimate of drug-likeness (QED) is 0.275. The van der Waals surface area contributed by atoms with Gasteiger partial charge >= 0.3 is 5.97 Å². The average molecular weight is 651 g/mol. The van der Waals surface area contributed by atoms with Crippen molar-refractivity contribution >= 4 is 98.5 Å². The summed E-state index contributed by atoms with van der Waals surface area (Å²) < 4.78 is 4.21. The number of hydrogen-bond donors (Lipinski definition) is 1. The molecule has 0 radical (unpaired) electrons. The number of carboxylic acids is 1. The minimum atomic E-state index is -1.97. The van der Waals surface area contributed by atoms with Crippen molar-refractivity contribution in [3.8, 4) is 5.69 Å². The Kier molecular flexibility index (Phi) is 11.8. The van der Waals surface area contributed by atoms with Crippen LogP contribution in [-0.2, 0) is 13.3 Å². The van der Waals surface area contributed by atoms with Gasteiger partial charge in [-0.05, 0) is 49.9 Å². The number of nitrogens with zero attached hydrogens (tertiary/aromatic N) is 4. The van der Waals surface area contributed by atoms with Crippen LogP contribution >= 0.6 is 80.9 Å². The topological polar surface area (TPSA) is 97.5 Å². The highest BCUT2D eigenvalue weighted by atomic mass is 35.6. The molecule has 0 saturated carbocycles. The van der Waals surface area contributed by atoms with Gasteiger partial charge in [0, 0.05) is 17.0 Å². The molecule has 0 spiro atoms. The summed E-state index contributed by atoms with van der Waals surface area (Å²) in [5, 5.41) is 15.3. The molecule has 3 aromatic rings. The van der Waals surface area contributed by atoms with E-state index in [9.17, 15) is 9.59 Å². The fraction of sp³-hybridized carbons (Fsp3) is 0.364. The van der Waals surface area contributed by atoms with Crippen molar-refractivity contribution in [2.75, 3.05) is 24.5 Å². The monoisotopic (exact) mass is 648 g/mol. The number of carbonyl (C=O) groups is 2. The third kappa shape index (κ3) is 8.10. The van der Waals surface area contributed by atoms with Crippen LogP contribution in [0.2, 0.25) is 10.0 Å². The number of aromatic nitrogens is 3. The van der Waals surface area contributed by atoms with Gasteiger partial charge in [-0.25, -0.2) is 14.5 Å². The molecule has 1 aromatic carbocycles. The lowest BCUT2D eigenvalue weighted by Gasteiger charge is -2.29. The second-order valence-corrected chi connectivity index (χ2v) is 12.1. The van der Waals surface area contributed by atoms with E-state index in [1.807, 2.05) is 20.8 Å². The largest absolute Gasteiger partial charge is 0.475 e. The van der Waals surface area contributed by atoms with E-state index in [1.165, 1.54) is 18.2 Å². The Balaban J connectivity index is 0.000000264. The number of aryl methyl sites for hydroxylation is 2. The molecule has 1 amide bonds. The Morgan fingerprint density at radius 2 is 1.89 bits per heavy atom. The summed E-state index contributed by atoms with van der Waals surface area (Å²) in [7, 11) is 1.63. The molecule has 0 unspecified atom stereocenters. The van der Waals surface area contributed by atoms with E-state index in [0.717, 1.165) is 20.8 Å². The SMILES string of the molecule is COC[C@H](C)N(C(=O)CCl)c1c(C)csc1C.O=C(O)c1nc(C(Cl)(Cl)Cl)n(-c2ccc(Cl)cc2Cl)n1. The first-order chi connectivity index (χ1) is 17.2. The normalized spacial score (nSPS) is 12.1. The van der Waals surface area contributed by atoms with E-state index in [2.05, 4.69) is 15.5 Å². The minimum Gasteiger partial charge on any atom is -0.475 e. The number of carbonyl (C=O) groups excluding carboxylic acids is 1. The molecule has 37 heavy (non-hydrogen) atoms. The number of thiophene rings is 1. The molecule has 0 aliphatic heterocycles. The molecule has 1 N–H and O–H groups in total. The smallest absolute Gasteiger partial charge is 0.375 e. The molecule has 2 heterocycles. The maximum atomic E-state index is 12.0. The fourth-order valence-corrected chi connectivity index (χ4v) is 5.12. The number of halogens is 6. The van der Waals surface area contributed by atoms with Crippen LogP contribution in [0.4, 0.5) is 5.69 Å². The highest BCUT2D eigenvalue weighted by Crippen LogP contribution is 2.39. The molecule has 0 aliphatic rings. The highest BCUT2D eigenvalue weighted by Gasteiger charge is 2.33. The van der Waals surface area contributed by atoms with Crippen molar-refractivity contribution in [1.82, 2.24) is 14.8 Å². The van der Waals surface area contributed by atoms with Crippen molar-refractivity contribution < 1.29 is 19.4 Å². The van der Waals surface area contributed by atoms with Gasteiger partial charge in [-0.3, -0.25) is 4.79 Å². The zero-order chi connectivity index (χ0) is 28.1. The standard InChI is InChI=1S/C12H18ClNO2S.C10H4Cl5N3O2/c1-8-7-17-10(3)12(8)14(11(15)5-13)9(2)6-16-4;11-4-1-2-6(5(12)3-4)18-9(10(13,14)15)16-7(17-18)8(19)20/h7,9H,5-6H2,1-4H3;1-3H,(H,19,20)/t9-;/m0./s1. The van der Waals surface area contributed by atoms with Crippen LogP contribution in [0, 0.1) is 13.8 Å². The lowest BCUT2D eigenvalue weighted by molar-refractivity contribution is -0.116. The van der Waals surface area contributed by atoms with Crippen LogP contribution in [0.3, 0.4) is 0 Å². The second-order valence-electron chi connectivity index (χ2n) is 7.59. The summed E-state index contributed by atoms with van der Waals surface area (Å²) in [5.74, 6) is -2.16. The first kappa shape index (κ1) is 31.9. The average Bonchev–Trinajstić information content (AvgIpc) is 3.39. The van der Waals surface area contributed by atoms with Gasteiger partial charge in [-0.2, -0.15) is 0 Å². The van der Waals surface area contributed by atoms with Gasteiger partial charge in [-0.15, -0.1) is 28.0 Å². The van der Waals surface area contributed by atoms with Crippen LogP contribution in [0.1, 0.15) is 33.8 Å². The van der Waals surface area contributed by atoms with Gasteiger partial charge in [0.15, 0.2) is 5.82 Å². The Hall–Kier alpha value is -1.30. The fourth-order valence-electron chi connectivity index (χ4n) is 3.30. The van der Waals surface area contributed by atoms with Gasteiger partial charge in [0.1, 0.15) is 5.88 Å².